The van der Waals surface area contributed by atoms with Gasteiger partial charge >= 0.3 is 0 Å². The first-order valence-corrected chi connectivity index (χ1v) is 12.3. The molecular weight excluding hydrogens is 512 g/mol. The summed E-state index contributed by atoms with van der Waals surface area (Å²) < 4.78 is 12.0. The van der Waals surface area contributed by atoms with Crippen molar-refractivity contribution in [2.45, 2.75) is 0 Å². The van der Waals surface area contributed by atoms with E-state index in [0.29, 0.717) is 34.4 Å². The number of carbonyl (C=O) groups excluding carboxylic acids is 4. The van der Waals surface area contributed by atoms with Gasteiger partial charge in [0.2, 0.25) is 11.8 Å². The van der Waals surface area contributed by atoms with Crippen molar-refractivity contribution in [1.82, 2.24) is 10.6 Å². The number of nitrogens with one attached hydrogen (secondary N) is 4. The van der Waals surface area contributed by atoms with Crippen LogP contribution in [-0.4, -0.2) is 36.7 Å². The zero-order chi connectivity index (χ0) is 27.9. The van der Waals surface area contributed by atoms with Gasteiger partial charge in [0.1, 0.15) is 11.5 Å². The van der Waals surface area contributed by atoms with Crippen molar-refractivity contribution in [2.24, 2.45) is 0 Å². The van der Waals surface area contributed by atoms with Crippen LogP contribution in [0.2, 0.25) is 0 Å². The highest BCUT2D eigenvalue weighted by Gasteiger charge is 2.14. The van der Waals surface area contributed by atoms with E-state index in [9.17, 15) is 19.2 Å². The molecule has 7 rings (SSSR count). The van der Waals surface area contributed by atoms with Gasteiger partial charge in [-0.25, -0.2) is 0 Å². The summed E-state index contributed by atoms with van der Waals surface area (Å²) in [6.07, 6.45) is 0. The second kappa shape index (κ2) is 11.8. The average molecular weight is 537 g/mol. The van der Waals surface area contributed by atoms with Gasteiger partial charge in [-0.3, -0.25) is 19.2 Å². The summed E-state index contributed by atoms with van der Waals surface area (Å²) in [5, 5.41) is 10.5. The molecule has 0 aliphatic carbocycles. The number of hydrogen-bond donors (Lipinski definition) is 4. The van der Waals surface area contributed by atoms with Crippen molar-refractivity contribution >= 4 is 35.0 Å². The Kier molecular flexibility index (Phi) is 7.68. The average Bonchev–Trinajstić information content (AvgIpc) is 2.97. The monoisotopic (exact) mass is 536 g/mol. The van der Waals surface area contributed by atoms with Gasteiger partial charge in [0, 0.05) is 22.5 Å². The number of fused-ring (bicyclic) bond motifs is 2. The number of hydrogen-bond acceptors (Lipinski definition) is 6. The van der Waals surface area contributed by atoms with Crippen molar-refractivity contribution in [2.75, 3.05) is 23.7 Å². The molecule has 40 heavy (non-hydrogen) atoms. The van der Waals surface area contributed by atoms with Crippen LogP contribution in [-0.2, 0) is 9.59 Å². The van der Waals surface area contributed by atoms with Crippen LogP contribution in [0.15, 0.2) is 97.1 Å². The largest absolute Gasteiger partial charge is 0.453 e. The van der Waals surface area contributed by atoms with Gasteiger partial charge in [-0.2, -0.15) is 0 Å². The molecule has 200 valence electrons. The van der Waals surface area contributed by atoms with Gasteiger partial charge in [0.25, 0.3) is 11.8 Å². The molecule has 10 nitrogen and oxygen atoms in total. The van der Waals surface area contributed by atoms with Crippen molar-refractivity contribution in [1.29, 1.82) is 0 Å². The first kappa shape index (κ1) is 26.0. The maximum atomic E-state index is 12.6. The third-order valence-corrected chi connectivity index (χ3v) is 5.79. The molecule has 4 N–H and O–H groups in total. The molecule has 0 fully saturated rings. The molecule has 0 atom stereocenters. The normalized spacial score (nSPS) is 14.2. The van der Waals surface area contributed by atoms with E-state index in [-0.39, 0.29) is 24.2 Å². The van der Waals surface area contributed by atoms with Crippen molar-refractivity contribution in [3.8, 4) is 23.0 Å². The number of carbonyl (C=O) groups is 4. The van der Waals surface area contributed by atoms with Crippen molar-refractivity contribution < 1.29 is 28.7 Å². The summed E-state index contributed by atoms with van der Waals surface area (Å²) >= 11 is 0. The second-order valence-corrected chi connectivity index (χ2v) is 8.74. The van der Waals surface area contributed by atoms with E-state index in [2.05, 4.69) is 21.3 Å². The van der Waals surface area contributed by atoms with Gasteiger partial charge in [-0.1, -0.05) is 18.2 Å². The Morgan fingerprint density at radius 2 is 0.925 bits per heavy atom. The van der Waals surface area contributed by atoms with Crippen molar-refractivity contribution in [3.63, 3.8) is 0 Å². The highest BCUT2D eigenvalue weighted by Crippen LogP contribution is 2.35. The van der Waals surface area contributed by atoms with E-state index in [0.717, 1.165) is 0 Å². The molecule has 0 unspecified atom stereocenters. The van der Waals surface area contributed by atoms with Crippen LogP contribution in [0.25, 0.3) is 0 Å². The summed E-state index contributed by atoms with van der Waals surface area (Å²) in [7, 11) is 0. The predicted octanol–water partition coefficient (Wildman–Crippen LogP) is 4.32. The molecule has 3 aliphatic rings. The molecule has 0 radical (unpaired) electrons. The van der Waals surface area contributed by atoms with Crippen LogP contribution in [0.1, 0.15) is 20.7 Å². The van der Waals surface area contributed by atoms with Crippen molar-refractivity contribution in [3.05, 3.63) is 108 Å². The Labute approximate surface area is 229 Å². The number of rotatable bonds is 0. The maximum absolute atomic E-state index is 12.6. The molecule has 4 aromatic carbocycles. The molecule has 4 aromatic rings. The van der Waals surface area contributed by atoms with E-state index in [1.165, 1.54) is 18.2 Å². The summed E-state index contributed by atoms with van der Waals surface area (Å²) in [5.74, 6) is 0.0769. The van der Waals surface area contributed by atoms with Crippen LogP contribution < -0.4 is 30.7 Å². The van der Waals surface area contributed by atoms with E-state index >= 15 is 0 Å². The zero-order valence-corrected chi connectivity index (χ0v) is 21.1. The lowest BCUT2D eigenvalue weighted by atomic mass is 10.1. The molecule has 10 heteroatoms. The zero-order valence-electron chi connectivity index (χ0n) is 21.1. The summed E-state index contributed by atoms with van der Waals surface area (Å²) in [6, 6.07) is 26.6. The standard InChI is InChI=1S/C30H24N4O6/c35-27-17-31-29(37)19-4-3-5-20(16-19)30(38)32-18-28(36)34-22-10-14-24(15-11-22)40-26-7-2-1-6-25(26)39-23-12-8-21(33-27)9-13-23/h1-16H,17-18H2,(H,31,37)(H,32,38)(H,33,35)(H,34,36). The fourth-order valence-electron chi connectivity index (χ4n) is 3.82. The van der Waals surface area contributed by atoms with Crippen LogP contribution in [0.3, 0.4) is 0 Å². The maximum Gasteiger partial charge on any atom is 0.251 e. The summed E-state index contributed by atoms with van der Waals surface area (Å²) in [6.45, 7) is -0.559. The Morgan fingerprint density at radius 1 is 0.500 bits per heavy atom. The summed E-state index contributed by atoms with van der Waals surface area (Å²) in [5.41, 5.74) is 1.42. The predicted molar refractivity (Wildman–Crippen MR) is 148 cm³/mol. The van der Waals surface area contributed by atoms with Gasteiger partial charge in [-0.05, 0) is 78.9 Å². The number of amides is 4. The van der Waals surface area contributed by atoms with E-state index in [1.807, 2.05) is 12.1 Å². The van der Waals surface area contributed by atoms with Crippen LogP contribution in [0, 0.1) is 0 Å². The topological polar surface area (TPSA) is 135 Å². The highest BCUT2D eigenvalue weighted by molar-refractivity contribution is 6.03. The van der Waals surface area contributed by atoms with E-state index in [4.69, 9.17) is 9.47 Å². The molecule has 0 spiro atoms. The van der Waals surface area contributed by atoms with Gasteiger partial charge < -0.3 is 30.7 Å². The summed E-state index contributed by atoms with van der Waals surface area (Å²) in [4.78, 5) is 50.0. The van der Waals surface area contributed by atoms with Crippen LogP contribution in [0.4, 0.5) is 11.4 Å². The Balaban J connectivity index is 1.39. The Morgan fingerprint density at radius 3 is 1.35 bits per heavy atom. The minimum Gasteiger partial charge on any atom is -0.453 e. The third-order valence-electron chi connectivity index (χ3n) is 5.79. The lowest BCUT2D eigenvalue weighted by Gasteiger charge is -2.13. The van der Waals surface area contributed by atoms with Crippen LogP contribution in [0.5, 0.6) is 23.0 Å². The molecule has 0 saturated carbocycles. The lowest BCUT2D eigenvalue weighted by Crippen LogP contribution is -2.34. The Hall–Kier alpha value is -5.64. The molecule has 0 aromatic heterocycles. The number of benzene rings is 4. The Bertz CT molecular complexity index is 1450. The molecular formula is C30H24N4O6. The minimum atomic E-state index is -0.527. The fraction of sp³-hybridized carbons (Fsp3) is 0.0667. The molecule has 3 aliphatic heterocycles. The number of anilines is 2. The van der Waals surface area contributed by atoms with Crippen LogP contribution >= 0.6 is 0 Å². The van der Waals surface area contributed by atoms with E-state index in [1.54, 1.807) is 66.7 Å². The molecule has 3 heterocycles. The SMILES string of the molecule is O=C1CNC(=O)c2cccc(c2)C(=O)NCC(=O)Nc2ccc(cc2)Oc2ccccc2Oc2ccc(cc2)N1. The highest BCUT2D eigenvalue weighted by atomic mass is 16.5. The first-order valence-electron chi connectivity index (χ1n) is 12.3. The molecule has 6 bridgehead atoms. The lowest BCUT2D eigenvalue weighted by molar-refractivity contribution is -0.116. The van der Waals surface area contributed by atoms with Gasteiger partial charge in [0.05, 0.1) is 13.1 Å². The second-order valence-electron chi connectivity index (χ2n) is 8.74. The van der Waals surface area contributed by atoms with Gasteiger partial charge in [-0.15, -0.1) is 0 Å². The quantitative estimate of drug-likeness (QED) is 0.264. The number of para-hydroxylation sites is 2. The number of ether oxygens (including phenoxy) is 2. The van der Waals surface area contributed by atoms with Gasteiger partial charge in [0.15, 0.2) is 11.5 Å². The smallest absolute Gasteiger partial charge is 0.251 e. The fourth-order valence-corrected chi connectivity index (χ4v) is 3.82. The minimum absolute atomic E-state index is 0.194. The third kappa shape index (κ3) is 6.62. The molecule has 0 saturated heterocycles. The molecule has 4 amide bonds. The first-order chi connectivity index (χ1) is 19.4. The van der Waals surface area contributed by atoms with E-state index < -0.39 is 23.6 Å².